The Morgan fingerprint density at radius 1 is 0.628 bits per heavy atom. The summed E-state index contributed by atoms with van der Waals surface area (Å²) >= 11 is -3.64. The van der Waals surface area contributed by atoms with Crippen LogP contribution in [0.15, 0.2) is 90.0 Å². The molecule has 0 spiro atoms. The van der Waals surface area contributed by atoms with Gasteiger partial charge in [-0.05, 0) is 0 Å². The molecule has 0 fully saturated rings. The summed E-state index contributed by atoms with van der Waals surface area (Å²) in [6.45, 7) is 16.4. The molecule has 2 aliphatic carbocycles. The summed E-state index contributed by atoms with van der Waals surface area (Å²) < 4.78 is 6.58. The standard InChI is InChI=1S/C19H19.C18H17.2CH3.2ClH.H2Si.Zr/c1-13(2)17-11-16-5-4-6-18(19(16)12-17)15-9-7-14(3)8-10-15;1-12-4-7-15(8-5-12)16-9-6-14(3)17-10-13(2)11-18(16)17;;;;;;/h4-13H,1-3H3;4-11H,1-3H3;2*1H3;2*1H;1H2;. The topological polar surface area (TPSA) is 0 Å². The Bertz CT molecular complexity index is 1820. The fourth-order valence-corrected chi connectivity index (χ4v) is 28.8. The molecule has 2 unspecified atom stereocenters. The molecule has 4 aromatic carbocycles. The van der Waals surface area contributed by atoms with Crippen molar-refractivity contribution in [3.05, 3.63) is 129 Å². The van der Waals surface area contributed by atoms with E-state index in [0.717, 1.165) is 0 Å². The first-order valence-corrected chi connectivity index (χ1v) is 28.9. The fraction of sp³-hybridized carbons (Fsp3) is 0.282. The smallest absolute Gasteiger partial charge is 0.147 e. The molecular weight excluding hydrogens is 659 g/mol. The van der Waals surface area contributed by atoms with E-state index >= 15 is 0 Å². The van der Waals surface area contributed by atoms with E-state index in [2.05, 4.69) is 149 Å². The van der Waals surface area contributed by atoms with Crippen LogP contribution in [-0.2, 0) is 17.4 Å². The number of hydrogen-bond donors (Lipinski definition) is 0. The molecular formula is C39H46Cl2SiZr. The molecule has 224 valence electrons. The van der Waals surface area contributed by atoms with E-state index in [-0.39, 0.29) is 24.8 Å². The summed E-state index contributed by atoms with van der Waals surface area (Å²) in [5.74, 6) is 0.515. The second-order valence-electron chi connectivity index (χ2n) is 14.3. The Labute approximate surface area is 274 Å². The average Bonchev–Trinajstić information content (AvgIpc) is 3.50. The summed E-state index contributed by atoms with van der Waals surface area (Å²) in [4.78, 5) is 0. The van der Waals surface area contributed by atoms with E-state index in [1.807, 2.05) is 0 Å². The summed E-state index contributed by atoms with van der Waals surface area (Å²) in [7, 11) is 0. The van der Waals surface area contributed by atoms with Gasteiger partial charge in [0.05, 0.1) is 0 Å². The van der Waals surface area contributed by atoms with Crippen molar-refractivity contribution in [1.82, 2.24) is 0 Å². The molecule has 0 saturated carbocycles. The second kappa shape index (κ2) is 12.1. The largest absolute Gasteiger partial charge is 0.147 e. The van der Waals surface area contributed by atoms with Gasteiger partial charge in [0.2, 0.25) is 0 Å². The van der Waals surface area contributed by atoms with Gasteiger partial charge in [-0.3, -0.25) is 0 Å². The van der Waals surface area contributed by atoms with Crippen LogP contribution < -0.4 is 0 Å². The zero-order valence-corrected chi connectivity index (χ0v) is 32.4. The van der Waals surface area contributed by atoms with Gasteiger partial charge in [-0.15, -0.1) is 24.8 Å². The molecule has 0 radical (unpaired) electrons. The Morgan fingerprint density at radius 2 is 1.16 bits per heavy atom. The molecule has 0 heterocycles. The third-order valence-electron chi connectivity index (χ3n) is 10.0. The summed E-state index contributed by atoms with van der Waals surface area (Å²) in [6.07, 6.45) is 5.15. The molecule has 0 aliphatic heterocycles. The van der Waals surface area contributed by atoms with Crippen LogP contribution in [0, 0.1) is 26.7 Å². The molecule has 2 aliphatic rings. The van der Waals surface area contributed by atoms with E-state index in [9.17, 15) is 0 Å². The molecule has 0 saturated heterocycles. The van der Waals surface area contributed by atoms with Gasteiger partial charge >= 0.3 is 252 Å². The Balaban J connectivity index is 0.00000212. The van der Waals surface area contributed by atoms with E-state index in [1.165, 1.54) is 50.1 Å². The van der Waals surface area contributed by atoms with Crippen molar-refractivity contribution in [2.75, 3.05) is 0 Å². The molecule has 0 amide bonds. The number of rotatable bonds is 5. The number of halogens is 2. The molecule has 4 heteroatoms. The van der Waals surface area contributed by atoms with Gasteiger partial charge in [-0.25, -0.2) is 0 Å². The van der Waals surface area contributed by atoms with Crippen LogP contribution in [0.25, 0.3) is 34.4 Å². The van der Waals surface area contributed by atoms with Crippen LogP contribution in [0.4, 0.5) is 0 Å². The van der Waals surface area contributed by atoms with Crippen molar-refractivity contribution in [3.63, 3.8) is 0 Å². The van der Waals surface area contributed by atoms with Crippen molar-refractivity contribution in [2.24, 2.45) is 5.92 Å². The molecule has 43 heavy (non-hydrogen) atoms. The van der Waals surface area contributed by atoms with E-state index in [1.54, 1.807) is 22.3 Å². The number of aryl methyl sites for hydroxylation is 3. The van der Waals surface area contributed by atoms with Crippen molar-refractivity contribution < 1.29 is 17.4 Å². The molecule has 0 aromatic heterocycles. The second-order valence-corrected chi connectivity index (χ2v) is 44.8. The van der Waals surface area contributed by atoms with Crippen molar-refractivity contribution >= 4 is 43.8 Å². The van der Waals surface area contributed by atoms with Crippen LogP contribution >= 0.6 is 24.8 Å². The van der Waals surface area contributed by atoms with Gasteiger partial charge in [-0.1, -0.05) is 0 Å². The SMILES string of the molecule is CC1=Cc2c(-c3ccc(C)cc3)ccc(C)c2[CH]1[Zr]([CH3])([CH3])(=[SiH2])[CH]1C(C(C)C)=Cc2c(-c3ccc(C)cc3)cccc21.Cl.Cl. The number of fused-ring (bicyclic) bond motifs is 2. The van der Waals surface area contributed by atoms with Gasteiger partial charge in [-0.2, -0.15) is 0 Å². The van der Waals surface area contributed by atoms with Gasteiger partial charge < -0.3 is 0 Å². The van der Waals surface area contributed by atoms with Gasteiger partial charge in [0.1, 0.15) is 0 Å². The number of hydrogen-bond acceptors (Lipinski definition) is 0. The molecule has 0 N–H and O–H groups in total. The molecule has 2 atom stereocenters. The summed E-state index contributed by atoms with van der Waals surface area (Å²) in [5.41, 5.74) is 18.8. The first-order chi connectivity index (χ1) is 19.4. The molecule has 0 bridgehead atoms. The van der Waals surface area contributed by atoms with Crippen molar-refractivity contribution in [1.29, 1.82) is 0 Å². The number of allylic oxidation sites excluding steroid dienone is 2. The van der Waals surface area contributed by atoms with Crippen molar-refractivity contribution in [2.45, 2.75) is 58.1 Å². The van der Waals surface area contributed by atoms with E-state index in [4.69, 9.17) is 0 Å². The zero-order chi connectivity index (χ0) is 29.3. The minimum absolute atomic E-state index is 0. The fourth-order valence-electron chi connectivity index (χ4n) is 8.16. The van der Waals surface area contributed by atoms with E-state index in [0.29, 0.717) is 13.2 Å². The maximum Gasteiger partial charge on any atom is -0.147 e. The monoisotopic (exact) mass is 702 g/mol. The van der Waals surface area contributed by atoms with Crippen LogP contribution in [0.2, 0.25) is 9.26 Å². The van der Waals surface area contributed by atoms with Crippen LogP contribution in [0.1, 0.15) is 67.0 Å². The third-order valence-corrected chi connectivity index (χ3v) is 27.6. The number of benzene rings is 4. The Kier molecular flexibility index (Phi) is 9.54. The van der Waals surface area contributed by atoms with Crippen LogP contribution in [0.3, 0.4) is 0 Å². The predicted octanol–water partition coefficient (Wildman–Crippen LogP) is 11.4. The Hall–Kier alpha value is -1.96. The first-order valence-electron chi connectivity index (χ1n) is 15.2. The third kappa shape index (κ3) is 5.68. The normalized spacial score (nSPS) is 17.4. The maximum atomic E-state index is 2.77. The maximum absolute atomic E-state index is 3.64. The van der Waals surface area contributed by atoms with Crippen LogP contribution in [-0.4, -0.2) is 6.88 Å². The van der Waals surface area contributed by atoms with Gasteiger partial charge in [0.25, 0.3) is 0 Å². The average molecular weight is 705 g/mol. The van der Waals surface area contributed by atoms with Gasteiger partial charge in [0, 0.05) is 0 Å². The quantitative estimate of drug-likeness (QED) is 0.181. The first kappa shape index (κ1) is 33.9. The van der Waals surface area contributed by atoms with E-state index < -0.39 is 17.4 Å². The minimum atomic E-state index is -3.64. The van der Waals surface area contributed by atoms with Gasteiger partial charge in [0.15, 0.2) is 0 Å². The summed E-state index contributed by atoms with van der Waals surface area (Å²) in [6, 6.07) is 30.1. The predicted molar refractivity (Wildman–Crippen MR) is 195 cm³/mol. The van der Waals surface area contributed by atoms with Crippen molar-refractivity contribution in [3.8, 4) is 22.3 Å². The molecule has 4 aromatic rings. The minimum Gasteiger partial charge on any atom is -0.147 e. The Morgan fingerprint density at radius 3 is 1.70 bits per heavy atom. The molecule has 6 rings (SSSR count). The zero-order valence-electron chi connectivity index (χ0n) is 26.9. The van der Waals surface area contributed by atoms with Crippen LogP contribution in [0.5, 0.6) is 0 Å². The molecule has 0 nitrogen and oxygen atoms in total. The summed E-state index contributed by atoms with van der Waals surface area (Å²) in [5, 5.41) is 0.